The van der Waals surface area contributed by atoms with Crippen molar-refractivity contribution in [3.05, 3.63) is 107 Å². The maximum absolute atomic E-state index is 14.4. The molecule has 0 aliphatic rings. The van der Waals surface area contributed by atoms with E-state index < -0.39 is 0 Å². The number of halogens is 1. The van der Waals surface area contributed by atoms with Gasteiger partial charge in [-0.2, -0.15) is 0 Å². The Bertz CT molecular complexity index is 1070. The molecular formula is C24H24FN3O. The van der Waals surface area contributed by atoms with Crippen LogP contribution in [0.3, 0.4) is 0 Å². The monoisotopic (exact) mass is 389 g/mol. The normalized spacial score (nSPS) is 11.3. The smallest absolute Gasteiger partial charge is 0.147 e. The fourth-order valence-corrected chi connectivity index (χ4v) is 3.77. The standard InChI is InChI=1S/C24H24FN3O/c1-18-13-21(19(2)28(18)24-10-4-3-9-23(24)25)16-27(17-22-8-6-12-29-22)15-20-7-5-11-26-14-20/h3-14H,15-17H2,1-2H3. The molecule has 148 valence electrons. The van der Waals surface area contributed by atoms with E-state index >= 15 is 0 Å². The Labute approximate surface area is 170 Å². The highest BCUT2D eigenvalue weighted by atomic mass is 19.1. The van der Waals surface area contributed by atoms with E-state index in [0.717, 1.165) is 35.8 Å². The number of furan rings is 1. The molecule has 0 radical (unpaired) electrons. The minimum Gasteiger partial charge on any atom is -0.468 e. The first-order valence-corrected chi connectivity index (χ1v) is 9.68. The third kappa shape index (κ3) is 4.30. The molecule has 3 aromatic heterocycles. The lowest BCUT2D eigenvalue weighted by Crippen LogP contribution is -2.22. The Morgan fingerprint density at radius 2 is 1.86 bits per heavy atom. The molecule has 5 heteroatoms. The van der Waals surface area contributed by atoms with Gasteiger partial charge in [-0.25, -0.2) is 4.39 Å². The fraction of sp³-hybridized carbons (Fsp3) is 0.208. The summed E-state index contributed by atoms with van der Waals surface area (Å²) in [6.45, 7) is 6.22. The maximum Gasteiger partial charge on any atom is 0.147 e. The molecule has 0 atom stereocenters. The van der Waals surface area contributed by atoms with Crippen molar-refractivity contribution in [1.29, 1.82) is 0 Å². The van der Waals surface area contributed by atoms with E-state index in [-0.39, 0.29) is 5.82 Å². The maximum atomic E-state index is 14.4. The van der Waals surface area contributed by atoms with Crippen LogP contribution < -0.4 is 0 Å². The Balaban J connectivity index is 1.63. The minimum absolute atomic E-state index is 0.219. The van der Waals surface area contributed by atoms with E-state index in [0.29, 0.717) is 12.2 Å². The van der Waals surface area contributed by atoms with Crippen molar-refractivity contribution in [2.24, 2.45) is 0 Å². The number of hydrogen-bond acceptors (Lipinski definition) is 3. The van der Waals surface area contributed by atoms with Gasteiger partial charge < -0.3 is 8.98 Å². The van der Waals surface area contributed by atoms with Gasteiger partial charge in [-0.15, -0.1) is 0 Å². The number of hydrogen-bond donors (Lipinski definition) is 0. The highest BCUT2D eigenvalue weighted by Gasteiger charge is 2.17. The number of aryl methyl sites for hydroxylation is 1. The first kappa shape index (κ1) is 19.2. The highest BCUT2D eigenvalue weighted by molar-refractivity contribution is 5.42. The Kier molecular flexibility index (Phi) is 5.58. The third-order valence-electron chi connectivity index (χ3n) is 5.11. The summed E-state index contributed by atoms with van der Waals surface area (Å²) >= 11 is 0. The van der Waals surface area contributed by atoms with Crippen LogP contribution in [0.15, 0.2) is 77.7 Å². The molecule has 0 aliphatic carbocycles. The van der Waals surface area contributed by atoms with Crippen molar-refractivity contribution >= 4 is 0 Å². The molecule has 0 saturated heterocycles. The Morgan fingerprint density at radius 3 is 2.59 bits per heavy atom. The Morgan fingerprint density at radius 1 is 1.00 bits per heavy atom. The molecule has 0 amide bonds. The number of rotatable bonds is 7. The van der Waals surface area contributed by atoms with Gasteiger partial charge in [-0.3, -0.25) is 9.88 Å². The average molecular weight is 389 g/mol. The summed E-state index contributed by atoms with van der Waals surface area (Å²) in [4.78, 5) is 6.54. The summed E-state index contributed by atoms with van der Waals surface area (Å²) in [5, 5.41) is 0. The number of aromatic nitrogens is 2. The summed E-state index contributed by atoms with van der Waals surface area (Å²) in [5.41, 5.74) is 4.95. The van der Waals surface area contributed by atoms with Crippen LogP contribution in [0.2, 0.25) is 0 Å². The van der Waals surface area contributed by atoms with E-state index in [1.165, 1.54) is 11.6 Å². The van der Waals surface area contributed by atoms with E-state index in [1.54, 1.807) is 18.5 Å². The van der Waals surface area contributed by atoms with Crippen LogP contribution in [0.5, 0.6) is 0 Å². The van der Waals surface area contributed by atoms with Gasteiger partial charge in [0.05, 0.1) is 18.5 Å². The zero-order valence-corrected chi connectivity index (χ0v) is 16.7. The molecule has 0 bridgehead atoms. The van der Waals surface area contributed by atoms with Gasteiger partial charge in [-0.05, 0) is 61.4 Å². The van der Waals surface area contributed by atoms with Crippen LogP contribution in [0.1, 0.15) is 28.3 Å². The SMILES string of the molecule is Cc1cc(CN(Cc2cccnc2)Cc2ccco2)c(C)n1-c1ccccc1F. The van der Waals surface area contributed by atoms with Crippen molar-refractivity contribution in [2.75, 3.05) is 0 Å². The van der Waals surface area contributed by atoms with Crippen LogP contribution in [0.25, 0.3) is 5.69 Å². The van der Waals surface area contributed by atoms with Crippen molar-refractivity contribution < 1.29 is 8.81 Å². The topological polar surface area (TPSA) is 34.2 Å². The fourth-order valence-electron chi connectivity index (χ4n) is 3.77. The van der Waals surface area contributed by atoms with Crippen LogP contribution >= 0.6 is 0 Å². The third-order valence-corrected chi connectivity index (χ3v) is 5.11. The van der Waals surface area contributed by atoms with Gasteiger partial charge in [0.25, 0.3) is 0 Å². The first-order chi connectivity index (χ1) is 14.1. The van der Waals surface area contributed by atoms with E-state index in [4.69, 9.17) is 4.42 Å². The van der Waals surface area contributed by atoms with Crippen molar-refractivity contribution in [3.63, 3.8) is 0 Å². The molecule has 4 rings (SSSR count). The second-order valence-electron chi connectivity index (χ2n) is 7.27. The van der Waals surface area contributed by atoms with E-state index in [2.05, 4.69) is 22.0 Å². The molecule has 3 heterocycles. The van der Waals surface area contributed by atoms with Gasteiger partial charge in [0.15, 0.2) is 0 Å². The molecule has 1 aromatic carbocycles. The van der Waals surface area contributed by atoms with Gasteiger partial charge in [0, 0.05) is 36.9 Å². The zero-order valence-electron chi connectivity index (χ0n) is 16.7. The van der Waals surface area contributed by atoms with Crippen LogP contribution in [-0.4, -0.2) is 14.5 Å². The summed E-state index contributed by atoms with van der Waals surface area (Å²) in [6.07, 6.45) is 5.36. The van der Waals surface area contributed by atoms with Crippen molar-refractivity contribution in [1.82, 2.24) is 14.5 Å². The van der Waals surface area contributed by atoms with E-state index in [9.17, 15) is 4.39 Å². The van der Waals surface area contributed by atoms with E-state index in [1.807, 2.05) is 54.9 Å². The van der Waals surface area contributed by atoms with Gasteiger partial charge in [0.2, 0.25) is 0 Å². The lowest BCUT2D eigenvalue weighted by atomic mass is 10.2. The summed E-state index contributed by atoms with van der Waals surface area (Å²) in [6, 6.07) is 16.9. The van der Waals surface area contributed by atoms with Gasteiger partial charge >= 0.3 is 0 Å². The summed E-state index contributed by atoms with van der Waals surface area (Å²) in [5.74, 6) is 0.695. The first-order valence-electron chi connectivity index (χ1n) is 9.68. The lowest BCUT2D eigenvalue weighted by molar-refractivity contribution is 0.226. The number of para-hydroxylation sites is 1. The molecule has 0 saturated carbocycles. The van der Waals surface area contributed by atoms with Gasteiger partial charge in [0.1, 0.15) is 11.6 Å². The van der Waals surface area contributed by atoms with Crippen LogP contribution in [0, 0.1) is 19.7 Å². The summed E-state index contributed by atoms with van der Waals surface area (Å²) < 4.78 is 22.0. The Hall–Kier alpha value is -3.18. The predicted molar refractivity (Wildman–Crippen MR) is 111 cm³/mol. The molecule has 0 spiro atoms. The van der Waals surface area contributed by atoms with Gasteiger partial charge in [-0.1, -0.05) is 18.2 Å². The highest BCUT2D eigenvalue weighted by Crippen LogP contribution is 2.25. The molecular weight excluding hydrogens is 365 g/mol. The van der Waals surface area contributed by atoms with Crippen molar-refractivity contribution in [2.45, 2.75) is 33.5 Å². The second-order valence-corrected chi connectivity index (χ2v) is 7.27. The molecule has 4 aromatic rings. The molecule has 29 heavy (non-hydrogen) atoms. The average Bonchev–Trinajstić information content (AvgIpc) is 3.31. The summed E-state index contributed by atoms with van der Waals surface area (Å²) in [7, 11) is 0. The number of nitrogens with zero attached hydrogens (tertiary/aromatic N) is 3. The number of benzene rings is 1. The second kappa shape index (κ2) is 8.45. The van der Waals surface area contributed by atoms with Crippen LogP contribution in [0.4, 0.5) is 4.39 Å². The number of pyridine rings is 1. The minimum atomic E-state index is -0.219. The molecule has 4 nitrogen and oxygen atoms in total. The molecule has 0 N–H and O–H groups in total. The molecule has 0 fully saturated rings. The molecule has 0 unspecified atom stereocenters. The largest absolute Gasteiger partial charge is 0.468 e. The molecule has 0 aliphatic heterocycles. The lowest BCUT2D eigenvalue weighted by Gasteiger charge is -2.21. The predicted octanol–water partition coefficient (Wildman–Crippen LogP) is 5.42. The zero-order chi connectivity index (χ0) is 20.2. The van der Waals surface area contributed by atoms with Crippen molar-refractivity contribution in [3.8, 4) is 5.69 Å². The quantitative estimate of drug-likeness (QED) is 0.423. The van der Waals surface area contributed by atoms with Crippen LogP contribution in [-0.2, 0) is 19.6 Å².